The zero-order chi connectivity index (χ0) is 3.58. The van der Waals surface area contributed by atoms with Crippen LogP contribution in [-0.4, -0.2) is 43.8 Å². The summed E-state index contributed by atoms with van der Waals surface area (Å²) in [7, 11) is -3.63. The Morgan fingerprint density at radius 3 is 1.29 bits per heavy atom. The van der Waals surface area contributed by atoms with Crippen molar-refractivity contribution in [3.63, 3.8) is 0 Å². The fourth-order valence-electron chi connectivity index (χ4n) is 0. The molecule has 0 heterocycles. The van der Waals surface area contributed by atoms with E-state index in [0.717, 1.165) is 0 Å². The molecule has 0 aliphatic heterocycles. The molecule has 0 aromatic heterocycles. The smallest absolute Gasteiger partial charge is 0.672 e. The second-order valence-electron chi connectivity index (χ2n) is 0.250. The van der Waals surface area contributed by atoms with Crippen LogP contribution in [0.2, 0.25) is 0 Å². The van der Waals surface area contributed by atoms with E-state index in [-0.39, 0.29) is 54.1 Å². The van der Waals surface area contributed by atoms with Crippen molar-refractivity contribution in [2.24, 2.45) is 0 Å². The molecular weight excluding hydrogens is 361 g/mol. The van der Waals surface area contributed by atoms with Gasteiger partial charge in [-0.05, 0) is 0 Å². The molecule has 0 unspecified atom stereocenters. The van der Waals surface area contributed by atoms with E-state index in [0.29, 0.717) is 0 Å². The van der Waals surface area contributed by atoms with Crippen LogP contribution in [-0.2, 0) is 23.9 Å². The quantitative estimate of drug-likeness (QED) is 0.418. The van der Waals surface area contributed by atoms with Crippen molar-refractivity contribution in [1.82, 2.24) is 0 Å². The third-order valence-corrected chi connectivity index (χ3v) is 0. The van der Waals surface area contributed by atoms with Gasteiger partial charge >= 0.3 is 19.5 Å². The first-order chi connectivity index (χ1) is 1.73. The number of hydrogen-bond donors (Lipinski definition) is 0. The van der Waals surface area contributed by atoms with Gasteiger partial charge in [0.1, 0.15) is 0 Å². The van der Waals surface area contributed by atoms with E-state index >= 15 is 0 Å². The van der Waals surface area contributed by atoms with Gasteiger partial charge in [0, 0.05) is 43.8 Å². The Morgan fingerprint density at radius 1 is 1.29 bits per heavy atom. The summed E-state index contributed by atoms with van der Waals surface area (Å²) in [5.74, 6) is 0. The molecule has 0 atom stereocenters. The molecule has 0 aromatic rings. The van der Waals surface area contributed by atoms with Crippen LogP contribution in [0.25, 0.3) is 0 Å². The van der Waals surface area contributed by atoms with Crippen LogP contribution in [0, 0.1) is 0 Å². The van der Waals surface area contributed by atoms with E-state index in [1.807, 2.05) is 0 Å². The Morgan fingerprint density at radius 2 is 1.29 bits per heavy atom. The molecule has 0 saturated heterocycles. The van der Waals surface area contributed by atoms with Gasteiger partial charge in [0.2, 0.25) is 0 Å². The molecule has 0 bridgehead atoms. The van der Waals surface area contributed by atoms with E-state index in [9.17, 15) is 0 Å². The summed E-state index contributed by atoms with van der Waals surface area (Å²) in [5.41, 5.74) is 0. The van der Waals surface area contributed by atoms with Crippen LogP contribution in [0.3, 0.4) is 0 Å². The molecule has 0 fully saturated rings. The first-order valence-electron chi connectivity index (χ1n) is 0.612. The molecular formula is BBiO3SiZn. The molecule has 0 N–H and O–H groups in total. The molecule has 0 aliphatic rings. The molecule has 32 valence electrons. The molecule has 0 saturated carbocycles. The summed E-state index contributed by atoms with van der Waals surface area (Å²) in [5, 5.41) is 0. The van der Waals surface area contributed by atoms with E-state index in [2.05, 4.69) is 0 Å². The Hall–Kier alpha value is 1.19. The summed E-state index contributed by atoms with van der Waals surface area (Å²) in [6.07, 6.45) is 0. The fraction of sp³-hybridized carbons (Fsp3) is 0. The van der Waals surface area contributed by atoms with Gasteiger partial charge in [-0.15, -0.1) is 0 Å². The van der Waals surface area contributed by atoms with E-state index < -0.39 is 9.17 Å². The molecule has 0 spiro atoms. The van der Waals surface area contributed by atoms with Crippen molar-refractivity contribution in [1.29, 1.82) is 0 Å². The molecule has 0 rings (SSSR count). The fourth-order valence-corrected chi connectivity index (χ4v) is 0. The van der Waals surface area contributed by atoms with Crippen LogP contribution in [0.5, 0.6) is 0 Å². The van der Waals surface area contributed by atoms with Crippen molar-refractivity contribution >= 4 is 43.8 Å². The second kappa shape index (κ2) is 15.7. The Kier molecular flexibility index (Phi) is 54.1. The third kappa shape index (κ3) is 137. The summed E-state index contributed by atoms with van der Waals surface area (Å²) in [4.78, 5) is 17.0. The molecule has 0 amide bonds. The van der Waals surface area contributed by atoms with Gasteiger partial charge in [0.15, 0.2) is 0 Å². The maximum absolute atomic E-state index is 8.52. The van der Waals surface area contributed by atoms with E-state index in [4.69, 9.17) is 14.1 Å². The van der Waals surface area contributed by atoms with E-state index in [1.54, 1.807) is 0 Å². The van der Waals surface area contributed by atoms with Gasteiger partial charge in [0.25, 0.3) is 0 Å². The first-order valence-corrected chi connectivity index (χ1v) is 1.84. The standard InChI is InChI=1S/B.Bi.O3Si.Zn/c;;1-4(2)3;/q;;-2;+2. The molecule has 7 heteroatoms. The van der Waals surface area contributed by atoms with Crippen LogP contribution in [0.4, 0.5) is 0 Å². The largest absolute Gasteiger partial charge is 2.00 e. The predicted molar refractivity (Wildman–Crippen MR) is 17.9 cm³/mol. The molecule has 6 radical (unpaired) electrons. The van der Waals surface area contributed by atoms with Crippen molar-refractivity contribution < 1.29 is 33.5 Å². The first kappa shape index (κ1) is 24.1. The van der Waals surface area contributed by atoms with Crippen molar-refractivity contribution in [2.45, 2.75) is 0 Å². The Balaban J connectivity index is -0.0000000150. The summed E-state index contributed by atoms with van der Waals surface area (Å²) in [6.45, 7) is 0. The SMILES string of the molecule is O=[Si]([O-])[O-].[B].[Bi].[Zn+2]. The average Bonchev–Trinajstić information content (AvgIpc) is 0.811. The average molecular weight is 361 g/mol. The normalized spacial score (nSPS) is 3.43. The molecule has 0 aromatic carbocycles. The maximum Gasteiger partial charge on any atom is 2.00 e. The van der Waals surface area contributed by atoms with Gasteiger partial charge in [-0.1, -0.05) is 0 Å². The molecule has 0 aliphatic carbocycles. The number of hydrogen-bond acceptors (Lipinski definition) is 3. The van der Waals surface area contributed by atoms with Gasteiger partial charge < -0.3 is 14.1 Å². The second-order valence-corrected chi connectivity index (χ2v) is 0.750. The summed E-state index contributed by atoms with van der Waals surface area (Å²) in [6, 6.07) is 0. The van der Waals surface area contributed by atoms with Crippen molar-refractivity contribution in [3.8, 4) is 0 Å². The van der Waals surface area contributed by atoms with Gasteiger partial charge in [-0.3, -0.25) is 0 Å². The summed E-state index contributed by atoms with van der Waals surface area (Å²) < 4.78 is 8.52. The predicted octanol–water partition coefficient (Wildman–Crippen LogP) is -3.64. The minimum absolute atomic E-state index is 0. The molecule has 7 heavy (non-hydrogen) atoms. The van der Waals surface area contributed by atoms with Crippen LogP contribution in [0.1, 0.15) is 0 Å². The Bertz CT molecular complexity index is 37.9. The van der Waals surface area contributed by atoms with Gasteiger partial charge in [-0.25, -0.2) is 0 Å². The van der Waals surface area contributed by atoms with Gasteiger partial charge in [-0.2, -0.15) is 0 Å². The van der Waals surface area contributed by atoms with Crippen LogP contribution < -0.4 is 9.59 Å². The van der Waals surface area contributed by atoms with Crippen molar-refractivity contribution in [3.05, 3.63) is 0 Å². The topological polar surface area (TPSA) is 63.2 Å². The summed E-state index contributed by atoms with van der Waals surface area (Å²) >= 11 is 0. The molecule has 3 nitrogen and oxygen atoms in total. The monoisotopic (exact) mass is 360 g/mol. The zero-order valence-electron chi connectivity index (χ0n) is 3.46. The Labute approximate surface area is 76.9 Å². The van der Waals surface area contributed by atoms with Crippen molar-refractivity contribution in [2.75, 3.05) is 0 Å². The number of rotatable bonds is 0. The maximum atomic E-state index is 8.52. The third-order valence-electron chi connectivity index (χ3n) is 0. The zero-order valence-corrected chi connectivity index (χ0v) is 10.9. The van der Waals surface area contributed by atoms with Crippen LogP contribution >= 0.6 is 0 Å². The minimum atomic E-state index is -3.63. The van der Waals surface area contributed by atoms with Gasteiger partial charge in [0.05, 0.1) is 0 Å². The van der Waals surface area contributed by atoms with E-state index in [1.165, 1.54) is 0 Å². The van der Waals surface area contributed by atoms with Crippen LogP contribution in [0.15, 0.2) is 0 Å². The minimum Gasteiger partial charge on any atom is -0.672 e.